The molecule has 0 bridgehead atoms. The highest BCUT2D eigenvalue weighted by Gasteiger charge is 2.35. The van der Waals surface area contributed by atoms with E-state index in [1.165, 1.54) is 11.3 Å². The number of thioether (sulfide) groups is 1. The fourth-order valence-corrected chi connectivity index (χ4v) is 5.65. The van der Waals surface area contributed by atoms with Crippen LogP contribution in [-0.4, -0.2) is 23.4 Å². The Labute approximate surface area is 217 Å². The monoisotopic (exact) mass is 512 g/mol. The summed E-state index contributed by atoms with van der Waals surface area (Å²) >= 11 is 3.00. The van der Waals surface area contributed by atoms with Crippen molar-refractivity contribution in [1.29, 1.82) is 0 Å². The first-order valence-corrected chi connectivity index (χ1v) is 13.6. The smallest absolute Gasteiger partial charge is 0.338 e. The summed E-state index contributed by atoms with van der Waals surface area (Å²) in [6.45, 7) is 2.00. The highest BCUT2D eigenvalue weighted by molar-refractivity contribution is 7.98. The van der Waals surface area contributed by atoms with Crippen molar-refractivity contribution < 1.29 is 9.53 Å². The third kappa shape index (κ3) is 4.59. The molecule has 180 valence electrons. The van der Waals surface area contributed by atoms with Crippen LogP contribution >= 0.6 is 23.1 Å². The van der Waals surface area contributed by atoms with Crippen LogP contribution in [0, 0.1) is 0 Å². The molecule has 0 saturated carbocycles. The van der Waals surface area contributed by atoms with Crippen LogP contribution in [0.25, 0.3) is 11.8 Å². The van der Waals surface area contributed by atoms with Crippen LogP contribution in [0.5, 0.6) is 0 Å². The molecule has 0 saturated heterocycles. The van der Waals surface area contributed by atoms with Gasteiger partial charge in [-0.15, -0.1) is 11.8 Å². The number of carbonyl (C=O) groups is 1. The molecule has 0 fully saturated rings. The number of aromatic nitrogens is 1. The Morgan fingerprint density at radius 2 is 1.69 bits per heavy atom. The highest BCUT2D eigenvalue weighted by Crippen LogP contribution is 2.35. The molecule has 1 aliphatic rings. The van der Waals surface area contributed by atoms with Gasteiger partial charge in [0.05, 0.1) is 28.5 Å². The molecule has 0 amide bonds. The molecule has 4 aromatic rings. The van der Waals surface area contributed by atoms with Gasteiger partial charge in [-0.1, -0.05) is 84.1 Å². The molecule has 0 N–H and O–H groups in total. The van der Waals surface area contributed by atoms with Gasteiger partial charge in [-0.2, -0.15) is 0 Å². The van der Waals surface area contributed by atoms with Gasteiger partial charge in [-0.05, 0) is 42.5 Å². The molecule has 1 aromatic heterocycles. The van der Waals surface area contributed by atoms with Gasteiger partial charge in [0.15, 0.2) is 4.80 Å². The maximum Gasteiger partial charge on any atom is 0.338 e. The minimum atomic E-state index is -0.655. The number of hydrogen-bond donors (Lipinski definition) is 0. The predicted molar refractivity (Wildman–Crippen MR) is 146 cm³/mol. The van der Waals surface area contributed by atoms with Crippen LogP contribution in [0.2, 0.25) is 0 Å². The number of nitrogens with zero attached hydrogens (tertiary/aromatic N) is 2. The Morgan fingerprint density at radius 3 is 2.33 bits per heavy atom. The molecule has 0 unspecified atom stereocenters. The number of ether oxygens (including phenoxy) is 1. The van der Waals surface area contributed by atoms with E-state index in [-0.39, 0.29) is 12.2 Å². The summed E-state index contributed by atoms with van der Waals surface area (Å²) in [5, 5.41) is 0. The van der Waals surface area contributed by atoms with Crippen molar-refractivity contribution in [3.63, 3.8) is 0 Å². The van der Waals surface area contributed by atoms with Crippen LogP contribution < -0.4 is 14.9 Å². The van der Waals surface area contributed by atoms with Crippen LogP contribution in [-0.2, 0) is 9.53 Å². The van der Waals surface area contributed by atoms with Gasteiger partial charge in [0.1, 0.15) is 0 Å². The summed E-state index contributed by atoms with van der Waals surface area (Å²) in [5.41, 5.74) is 3.25. The Hall–Kier alpha value is -3.68. The van der Waals surface area contributed by atoms with Gasteiger partial charge < -0.3 is 4.74 Å². The predicted octanol–water partition coefficient (Wildman–Crippen LogP) is 4.66. The molecular weight excluding hydrogens is 488 g/mol. The molecule has 1 aliphatic heterocycles. The summed E-state index contributed by atoms with van der Waals surface area (Å²) in [5.74, 6) is -0.476. The van der Waals surface area contributed by atoms with E-state index in [1.807, 2.05) is 97.3 Å². The number of hydrogen-bond acceptors (Lipinski definition) is 6. The number of fused-ring (bicyclic) bond motifs is 1. The number of thiazole rings is 1. The third-order valence-corrected chi connectivity index (χ3v) is 7.63. The molecule has 5 nitrogen and oxygen atoms in total. The first-order valence-electron chi connectivity index (χ1n) is 11.6. The average Bonchev–Trinajstić information content (AvgIpc) is 3.23. The van der Waals surface area contributed by atoms with Crippen LogP contribution in [0.3, 0.4) is 0 Å². The van der Waals surface area contributed by atoms with Gasteiger partial charge in [-0.3, -0.25) is 9.36 Å². The lowest BCUT2D eigenvalue weighted by Crippen LogP contribution is -2.39. The molecule has 36 heavy (non-hydrogen) atoms. The van der Waals surface area contributed by atoms with E-state index in [1.54, 1.807) is 23.3 Å². The van der Waals surface area contributed by atoms with Crippen LogP contribution in [0.1, 0.15) is 29.7 Å². The van der Waals surface area contributed by atoms with E-state index >= 15 is 0 Å². The van der Waals surface area contributed by atoms with Crippen molar-refractivity contribution in [2.45, 2.75) is 17.9 Å². The molecule has 1 atom stereocenters. The second-order valence-electron chi connectivity index (χ2n) is 8.12. The van der Waals surface area contributed by atoms with E-state index < -0.39 is 12.0 Å². The molecule has 0 radical (unpaired) electrons. The second kappa shape index (κ2) is 10.5. The zero-order valence-electron chi connectivity index (χ0n) is 19.9. The van der Waals surface area contributed by atoms with Crippen molar-refractivity contribution in [3.8, 4) is 0 Å². The van der Waals surface area contributed by atoms with Crippen molar-refractivity contribution in [3.05, 3.63) is 127 Å². The summed E-state index contributed by atoms with van der Waals surface area (Å²) < 4.78 is 7.67. The maximum atomic E-state index is 13.8. The summed E-state index contributed by atoms with van der Waals surface area (Å²) in [6, 6.07) is 26.6. The van der Waals surface area contributed by atoms with E-state index in [2.05, 4.69) is 0 Å². The summed E-state index contributed by atoms with van der Waals surface area (Å²) in [4.78, 5) is 33.7. The number of carbonyl (C=O) groups excluding carboxylic acids is 1. The van der Waals surface area contributed by atoms with Crippen LogP contribution in [0.15, 0.2) is 105 Å². The summed E-state index contributed by atoms with van der Waals surface area (Å²) in [6.07, 6.45) is 3.91. The lowest BCUT2D eigenvalue weighted by Gasteiger charge is -2.25. The quantitative estimate of drug-likeness (QED) is 0.279. The third-order valence-electron chi connectivity index (χ3n) is 5.90. The second-order valence-corrected chi connectivity index (χ2v) is 10.0. The van der Waals surface area contributed by atoms with Gasteiger partial charge in [0, 0.05) is 10.5 Å². The minimum Gasteiger partial charge on any atom is -0.463 e. The highest BCUT2D eigenvalue weighted by atomic mass is 32.2. The Balaban J connectivity index is 1.79. The average molecular weight is 513 g/mol. The molecule has 5 rings (SSSR count). The largest absolute Gasteiger partial charge is 0.463 e. The lowest BCUT2D eigenvalue weighted by atomic mass is 9.93. The van der Waals surface area contributed by atoms with Crippen LogP contribution in [0.4, 0.5) is 0 Å². The first-order chi connectivity index (χ1) is 17.6. The summed E-state index contributed by atoms with van der Waals surface area (Å²) in [7, 11) is 0. The zero-order chi connectivity index (χ0) is 25.1. The van der Waals surface area contributed by atoms with Gasteiger partial charge >= 0.3 is 5.97 Å². The van der Waals surface area contributed by atoms with E-state index in [0.29, 0.717) is 20.6 Å². The SMILES string of the molecule is CCOC(=O)C1=C(c2ccccc2)N=c2s/c(=C\c3ccc(SC)cc3)c(=O)n2[C@@H]1c1ccccc1. The molecule has 7 heteroatoms. The molecule has 2 heterocycles. The van der Waals surface area contributed by atoms with Gasteiger partial charge in [0.25, 0.3) is 5.56 Å². The fourth-order valence-electron chi connectivity index (χ4n) is 4.24. The van der Waals surface area contributed by atoms with Crippen molar-refractivity contribution in [2.24, 2.45) is 4.99 Å². The van der Waals surface area contributed by atoms with Crippen molar-refractivity contribution in [1.82, 2.24) is 4.57 Å². The van der Waals surface area contributed by atoms with Gasteiger partial charge in [-0.25, -0.2) is 9.79 Å². The fraction of sp³-hybridized carbons (Fsp3) is 0.138. The van der Waals surface area contributed by atoms with E-state index in [4.69, 9.17) is 9.73 Å². The lowest BCUT2D eigenvalue weighted by molar-refractivity contribution is -0.138. The van der Waals surface area contributed by atoms with E-state index in [0.717, 1.165) is 21.6 Å². The standard InChI is InChI=1S/C29H24N2O3S2/c1-3-34-28(33)24-25(20-10-6-4-7-11-20)30-29-31(26(24)21-12-8-5-9-13-21)27(32)23(36-29)18-19-14-16-22(35-2)17-15-19/h4-18,26H,3H2,1-2H3/b23-18-/t26-/m1/s1. The molecular formula is C29H24N2O3S2. The Morgan fingerprint density at radius 1 is 1.03 bits per heavy atom. The Bertz CT molecular complexity index is 1600. The van der Waals surface area contributed by atoms with Gasteiger partial charge in [0.2, 0.25) is 0 Å². The normalized spacial score (nSPS) is 15.4. The molecule has 0 spiro atoms. The number of esters is 1. The molecule has 3 aromatic carbocycles. The molecule has 0 aliphatic carbocycles. The number of benzene rings is 3. The number of rotatable bonds is 6. The minimum absolute atomic E-state index is 0.185. The Kier molecular flexibility index (Phi) is 7.02. The van der Waals surface area contributed by atoms with Crippen molar-refractivity contribution in [2.75, 3.05) is 12.9 Å². The maximum absolute atomic E-state index is 13.8. The van der Waals surface area contributed by atoms with E-state index in [9.17, 15) is 9.59 Å². The zero-order valence-corrected chi connectivity index (χ0v) is 21.5. The topological polar surface area (TPSA) is 60.7 Å². The van der Waals surface area contributed by atoms with Crippen molar-refractivity contribution >= 4 is 40.8 Å². The first kappa shape index (κ1) is 24.0.